The van der Waals surface area contributed by atoms with Crippen molar-refractivity contribution in [1.82, 2.24) is 15.3 Å². The normalized spacial score (nSPS) is 14.1. The van der Waals surface area contributed by atoms with Gasteiger partial charge in [-0.3, -0.25) is 9.59 Å². The Labute approximate surface area is 246 Å². The first-order chi connectivity index (χ1) is 20.4. The number of aliphatic imine (C=N–C) groups is 1. The number of anilines is 1. The van der Waals surface area contributed by atoms with Crippen LogP contribution < -0.4 is 20.1 Å². The van der Waals surface area contributed by atoms with Crippen molar-refractivity contribution < 1.29 is 19.1 Å². The number of thiazole rings is 1. The standard InChI is InChI=1S/C32H25N5O4S/c1-4-27(37-32(39)24-14-13-22-8-6-7-9-23(22)34-24)33-20(3)10-17-31-40-25-15-11-21(18-26(25)41-31)12-16-29(38)35-28-19-42-30(5-2)36-28/h2,4,6-9,11,13-15,18-19,31H,12,16H2,1,3H3,(H,35,38)(H,37,39)/b27-4+,33-20+. The molecule has 0 bridgehead atoms. The quantitative estimate of drug-likeness (QED) is 0.234. The highest BCUT2D eigenvalue weighted by Gasteiger charge is 2.22. The van der Waals surface area contributed by atoms with Crippen LogP contribution in [0.25, 0.3) is 10.9 Å². The van der Waals surface area contributed by atoms with Gasteiger partial charge in [-0.2, -0.15) is 0 Å². The molecule has 1 aliphatic rings. The van der Waals surface area contributed by atoms with Crippen LogP contribution in [0, 0.1) is 24.2 Å². The van der Waals surface area contributed by atoms with E-state index < -0.39 is 6.29 Å². The minimum Gasteiger partial charge on any atom is -0.440 e. The number of fused-ring (bicyclic) bond motifs is 2. The minimum atomic E-state index is -0.816. The number of allylic oxidation sites excluding steroid dienone is 1. The number of aryl methyl sites for hydroxylation is 1. The molecular weight excluding hydrogens is 550 g/mol. The Morgan fingerprint density at radius 2 is 1.95 bits per heavy atom. The molecule has 0 saturated carbocycles. The fourth-order valence-electron chi connectivity index (χ4n) is 3.98. The first-order valence-electron chi connectivity index (χ1n) is 13.0. The lowest BCUT2D eigenvalue weighted by Gasteiger charge is -2.06. The van der Waals surface area contributed by atoms with E-state index in [0.717, 1.165) is 16.5 Å². The van der Waals surface area contributed by atoms with E-state index in [4.69, 9.17) is 15.9 Å². The molecule has 3 heterocycles. The van der Waals surface area contributed by atoms with Crippen LogP contribution >= 0.6 is 11.3 Å². The van der Waals surface area contributed by atoms with E-state index in [9.17, 15) is 9.59 Å². The summed E-state index contributed by atoms with van der Waals surface area (Å²) in [4.78, 5) is 38.0. The number of para-hydroxylation sites is 1. The van der Waals surface area contributed by atoms with Gasteiger partial charge < -0.3 is 20.1 Å². The van der Waals surface area contributed by atoms with Gasteiger partial charge in [-0.1, -0.05) is 30.3 Å². The number of carbonyl (C=O) groups is 2. The largest absolute Gasteiger partial charge is 0.440 e. The number of amides is 2. The Kier molecular flexibility index (Phi) is 8.57. The predicted octanol–water partition coefficient (Wildman–Crippen LogP) is 5.10. The smallest absolute Gasteiger partial charge is 0.306 e. The topological polar surface area (TPSA) is 115 Å². The molecule has 42 heavy (non-hydrogen) atoms. The highest BCUT2D eigenvalue weighted by atomic mass is 32.1. The molecule has 0 saturated heterocycles. The van der Waals surface area contributed by atoms with Gasteiger partial charge in [-0.05, 0) is 73.9 Å². The lowest BCUT2D eigenvalue weighted by atomic mass is 10.1. The van der Waals surface area contributed by atoms with Crippen molar-refractivity contribution in [2.75, 3.05) is 5.32 Å². The van der Waals surface area contributed by atoms with Crippen molar-refractivity contribution in [2.24, 2.45) is 4.99 Å². The molecule has 0 fully saturated rings. The Balaban J connectivity index is 1.14. The average molecular weight is 576 g/mol. The monoisotopic (exact) mass is 575 g/mol. The molecule has 0 radical (unpaired) electrons. The average Bonchev–Trinajstić information content (AvgIpc) is 3.64. The van der Waals surface area contributed by atoms with Gasteiger partial charge in [0.05, 0.1) is 11.2 Å². The van der Waals surface area contributed by atoms with Gasteiger partial charge in [-0.15, -0.1) is 17.8 Å². The van der Waals surface area contributed by atoms with Crippen LogP contribution in [-0.4, -0.2) is 33.8 Å². The van der Waals surface area contributed by atoms with E-state index in [1.807, 2.05) is 42.5 Å². The number of hydrogen-bond acceptors (Lipinski definition) is 8. The fourth-order valence-corrected chi connectivity index (χ4v) is 4.54. The molecule has 0 aliphatic carbocycles. The molecule has 4 aromatic rings. The van der Waals surface area contributed by atoms with Crippen LogP contribution in [0.4, 0.5) is 5.82 Å². The van der Waals surface area contributed by atoms with Crippen LogP contribution in [0.3, 0.4) is 0 Å². The highest BCUT2D eigenvalue weighted by molar-refractivity contribution is 7.10. The maximum atomic E-state index is 12.7. The zero-order valence-corrected chi connectivity index (χ0v) is 23.6. The first kappa shape index (κ1) is 28.1. The third-order valence-electron chi connectivity index (χ3n) is 6.02. The number of nitrogens with zero attached hydrogens (tertiary/aromatic N) is 3. The molecule has 5 rings (SSSR count). The van der Waals surface area contributed by atoms with Gasteiger partial charge in [0.25, 0.3) is 5.91 Å². The number of pyridine rings is 1. The van der Waals surface area contributed by atoms with Gasteiger partial charge in [0.15, 0.2) is 16.5 Å². The summed E-state index contributed by atoms with van der Waals surface area (Å²) in [7, 11) is 0. The van der Waals surface area contributed by atoms with Crippen LogP contribution in [0.15, 0.2) is 76.9 Å². The van der Waals surface area contributed by atoms with Crippen LogP contribution in [0.1, 0.15) is 41.3 Å². The number of rotatable bonds is 7. The van der Waals surface area contributed by atoms with Crippen LogP contribution in [0.2, 0.25) is 0 Å². The SMILES string of the molecule is C#Cc1nc(NC(=O)CCc2ccc3c(c2)OC(C#C/C(C)=N/C(=C\C)NC(=O)c2ccc4ccccc4n2)O3)cs1. The molecule has 1 atom stereocenters. The molecule has 1 aliphatic heterocycles. The number of benzene rings is 2. The summed E-state index contributed by atoms with van der Waals surface area (Å²) in [5.41, 5.74) is 2.39. The molecule has 10 heteroatoms. The van der Waals surface area contributed by atoms with Gasteiger partial charge in [0.1, 0.15) is 17.3 Å². The van der Waals surface area contributed by atoms with Crippen LogP contribution in [0.5, 0.6) is 11.5 Å². The molecule has 2 N–H and O–H groups in total. The number of ether oxygens (including phenoxy) is 2. The van der Waals surface area contributed by atoms with Gasteiger partial charge in [0.2, 0.25) is 5.91 Å². The molecule has 2 aromatic carbocycles. The number of nitrogens with one attached hydrogen (secondary N) is 2. The Hall–Kier alpha value is -5.45. The number of aromatic nitrogens is 2. The second kappa shape index (κ2) is 12.8. The van der Waals surface area contributed by atoms with E-state index in [1.165, 1.54) is 11.3 Å². The molecular formula is C32H25N5O4S. The lowest BCUT2D eigenvalue weighted by Crippen LogP contribution is -2.23. The summed E-state index contributed by atoms with van der Waals surface area (Å²) >= 11 is 1.30. The van der Waals surface area contributed by atoms with Gasteiger partial charge in [-0.25, -0.2) is 15.0 Å². The van der Waals surface area contributed by atoms with E-state index in [2.05, 4.69) is 43.4 Å². The second-order valence-corrected chi connectivity index (χ2v) is 9.92. The lowest BCUT2D eigenvalue weighted by molar-refractivity contribution is -0.116. The molecule has 0 spiro atoms. The van der Waals surface area contributed by atoms with Crippen LogP contribution in [-0.2, 0) is 11.2 Å². The summed E-state index contributed by atoms with van der Waals surface area (Å²) in [6.45, 7) is 3.49. The second-order valence-electron chi connectivity index (χ2n) is 9.06. The maximum Gasteiger partial charge on any atom is 0.306 e. The van der Waals surface area contributed by atoms with Crippen molar-refractivity contribution in [3.05, 3.63) is 88.1 Å². The van der Waals surface area contributed by atoms with Crippen molar-refractivity contribution in [3.8, 4) is 35.7 Å². The third kappa shape index (κ3) is 7.00. The molecule has 9 nitrogen and oxygen atoms in total. The zero-order valence-electron chi connectivity index (χ0n) is 22.8. The maximum absolute atomic E-state index is 12.7. The van der Waals surface area contributed by atoms with E-state index >= 15 is 0 Å². The fraction of sp³-hybridized carbons (Fsp3) is 0.156. The Morgan fingerprint density at radius 1 is 1.12 bits per heavy atom. The zero-order chi connectivity index (χ0) is 29.5. The molecule has 2 amide bonds. The van der Waals surface area contributed by atoms with Crippen molar-refractivity contribution in [3.63, 3.8) is 0 Å². The van der Waals surface area contributed by atoms with Gasteiger partial charge in [0, 0.05) is 17.2 Å². The molecule has 208 valence electrons. The number of carbonyl (C=O) groups excluding carboxylic acids is 2. The summed E-state index contributed by atoms with van der Waals surface area (Å²) in [6.07, 6.45) is 6.95. The van der Waals surface area contributed by atoms with Crippen molar-refractivity contribution in [1.29, 1.82) is 0 Å². The van der Waals surface area contributed by atoms with Crippen molar-refractivity contribution in [2.45, 2.75) is 33.0 Å². The highest BCUT2D eigenvalue weighted by Crippen LogP contribution is 2.35. The summed E-state index contributed by atoms with van der Waals surface area (Å²) < 4.78 is 11.6. The summed E-state index contributed by atoms with van der Waals surface area (Å²) in [6, 6.07) is 16.6. The molecule has 1 unspecified atom stereocenters. The molecule has 2 aromatic heterocycles. The summed E-state index contributed by atoms with van der Waals surface area (Å²) in [5, 5.41) is 8.69. The number of terminal acetylenes is 1. The van der Waals surface area contributed by atoms with E-state index in [-0.39, 0.29) is 23.9 Å². The third-order valence-corrected chi connectivity index (χ3v) is 6.79. The minimum absolute atomic E-state index is 0.162. The summed E-state index contributed by atoms with van der Waals surface area (Å²) in [5.74, 6) is 9.64. The number of hydrogen-bond donors (Lipinski definition) is 2. The van der Waals surface area contributed by atoms with E-state index in [0.29, 0.717) is 40.3 Å². The Morgan fingerprint density at radius 3 is 2.76 bits per heavy atom. The van der Waals surface area contributed by atoms with Gasteiger partial charge >= 0.3 is 6.29 Å². The first-order valence-corrected chi connectivity index (χ1v) is 13.9. The van der Waals surface area contributed by atoms with E-state index in [1.54, 1.807) is 37.4 Å². The predicted molar refractivity (Wildman–Crippen MR) is 162 cm³/mol. The Bertz CT molecular complexity index is 1840. The van der Waals surface area contributed by atoms with Crippen molar-refractivity contribution >= 4 is 45.6 Å².